The summed E-state index contributed by atoms with van der Waals surface area (Å²) in [5.41, 5.74) is 1.47. The van der Waals surface area contributed by atoms with Crippen LogP contribution in [0.4, 0.5) is 11.4 Å². The number of carbonyl (C=O) groups is 4. The second-order valence-electron chi connectivity index (χ2n) is 6.40. The van der Waals surface area contributed by atoms with Crippen LogP contribution in [0.1, 0.15) is 22.8 Å². The average Bonchev–Trinajstić information content (AvgIpc) is 3.19. The van der Waals surface area contributed by atoms with Gasteiger partial charge in [-0.1, -0.05) is 54.3 Å². The lowest BCUT2D eigenvalue weighted by Gasteiger charge is -2.17. The normalized spacial score (nSPS) is 18.1. The number of para-hydroxylation sites is 2. The zero-order valence-corrected chi connectivity index (χ0v) is 17.5. The molecule has 4 rings (SSSR count). The standard InChI is InChI=1S/C21H14N2O5S2/c1-11(24)22-14-9-5-3-7-12(14)16(18(22)25)17-19(26)23(21(29)30-17)15-10-6-4-8-13(15)20(27)28-2/h3-10H,1-2H3/b17-16-. The van der Waals surface area contributed by atoms with Gasteiger partial charge in [0.25, 0.3) is 11.8 Å². The van der Waals surface area contributed by atoms with Gasteiger partial charge in [0.2, 0.25) is 5.91 Å². The molecule has 1 saturated heterocycles. The highest BCUT2D eigenvalue weighted by Crippen LogP contribution is 2.46. The van der Waals surface area contributed by atoms with Crippen LogP contribution in [0.3, 0.4) is 0 Å². The van der Waals surface area contributed by atoms with Crippen molar-refractivity contribution in [2.45, 2.75) is 6.92 Å². The van der Waals surface area contributed by atoms with Crippen LogP contribution < -0.4 is 9.80 Å². The van der Waals surface area contributed by atoms with E-state index in [0.29, 0.717) is 11.3 Å². The van der Waals surface area contributed by atoms with Crippen molar-refractivity contribution in [3.05, 3.63) is 64.6 Å². The molecule has 0 saturated carbocycles. The quantitative estimate of drug-likeness (QED) is 0.405. The number of hydrogen-bond acceptors (Lipinski definition) is 7. The van der Waals surface area contributed by atoms with E-state index in [1.165, 1.54) is 25.0 Å². The number of methoxy groups -OCH3 is 1. The van der Waals surface area contributed by atoms with Crippen LogP contribution in [0, 0.1) is 0 Å². The number of amides is 3. The van der Waals surface area contributed by atoms with Gasteiger partial charge in [0.15, 0.2) is 4.32 Å². The molecular weight excluding hydrogens is 424 g/mol. The Labute approximate surface area is 181 Å². The molecule has 1 fully saturated rings. The minimum absolute atomic E-state index is 0.112. The Hall–Kier alpha value is -3.30. The maximum Gasteiger partial charge on any atom is 0.339 e. The molecule has 2 heterocycles. The maximum atomic E-state index is 13.4. The number of rotatable bonds is 2. The largest absolute Gasteiger partial charge is 0.465 e. The van der Waals surface area contributed by atoms with Gasteiger partial charge in [-0.25, -0.2) is 9.69 Å². The molecule has 0 N–H and O–H groups in total. The fourth-order valence-corrected chi connectivity index (χ4v) is 4.78. The molecule has 0 aromatic heterocycles. The first kappa shape index (κ1) is 20.0. The summed E-state index contributed by atoms with van der Waals surface area (Å²) < 4.78 is 4.97. The van der Waals surface area contributed by atoms with E-state index in [9.17, 15) is 19.2 Å². The molecule has 7 nitrogen and oxygen atoms in total. The smallest absolute Gasteiger partial charge is 0.339 e. The van der Waals surface area contributed by atoms with Crippen LogP contribution in [-0.2, 0) is 19.1 Å². The molecular formula is C21H14N2O5S2. The predicted octanol–water partition coefficient (Wildman–Crippen LogP) is 3.14. The number of hydrogen-bond donors (Lipinski definition) is 0. The molecule has 2 aromatic carbocycles. The fourth-order valence-electron chi connectivity index (χ4n) is 3.43. The van der Waals surface area contributed by atoms with Crippen molar-refractivity contribution < 1.29 is 23.9 Å². The number of ether oxygens (including phenoxy) is 1. The van der Waals surface area contributed by atoms with Crippen molar-refractivity contribution in [1.29, 1.82) is 0 Å². The number of fused-ring (bicyclic) bond motifs is 1. The van der Waals surface area contributed by atoms with Gasteiger partial charge < -0.3 is 4.74 Å². The van der Waals surface area contributed by atoms with Gasteiger partial charge >= 0.3 is 5.97 Å². The van der Waals surface area contributed by atoms with Crippen molar-refractivity contribution in [1.82, 2.24) is 0 Å². The second-order valence-corrected chi connectivity index (χ2v) is 8.04. The van der Waals surface area contributed by atoms with Crippen LogP contribution in [-0.4, -0.2) is 35.1 Å². The lowest BCUT2D eigenvalue weighted by atomic mass is 10.1. The number of thioether (sulfide) groups is 1. The van der Waals surface area contributed by atoms with Crippen molar-refractivity contribution in [2.75, 3.05) is 16.9 Å². The summed E-state index contributed by atoms with van der Waals surface area (Å²) in [5, 5.41) is 0. The van der Waals surface area contributed by atoms with Gasteiger partial charge in [-0.3, -0.25) is 19.3 Å². The Balaban J connectivity index is 1.87. The minimum Gasteiger partial charge on any atom is -0.465 e. The van der Waals surface area contributed by atoms with Crippen molar-refractivity contribution in [3.63, 3.8) is 0 Å². The summed E-state index contributed by atoms with van der Waals surface area (Å²) in [6, 6.07) is 13.2. The van der Waals surface area contributed by atoms with Crippen molar-refractivity contribution >= 4 is 68.9 Å². The number of nitrogens with zero attached hydrogens (tertiary/aromatic N) is 2. The van der Waals surface area contributed by atoms with Crippen LogP contribution in [0.25, 0.3) is 5.57 Å². The van der Waals surface area contributed by atoms with Crippen LogP contribution in [0.2, 0.25) is 0 Å². The molecule has 0 bridgehead atoms. The van der Waals surface area contributed by atoms with Gasteiger partial charge in [0.05, 0.1) is 34.5 Å². The number of anilines is 2. The molecule has 0 atom stereocenters. The number of benzene rings is 2. The van der Waals surface area contributed by atoms with Crippen molar-refractivity contribution in [2.24, 2.45) is 0 Å². The summed E-state index contributed by atoms with van der Waals surface area (Å²) in [7, 11) is 1.25. The van der Waals surface area contributed by atoms with Gasteiger partial charge in [0, 0.05) is 12.5 Å². The lowest BCUT2D eigenvalue weighted by molar-refractivity contribution is -0.122. The first-order chi connectivity index (χ1) is 14.4. The SMILES string of the molecule is COC(=O)c1ccccc1N1C(=O)/C(=C2/C(=O)N(C(C)=O)c3ccccc32)SC1=S. The third-order valence-corrected chi connectivity index (χ3v) is 6.07. The second kappa shape index (κ2) is 7.51. The summed E-state index contributed by atoms with van der Waals surface area (Å²) >= 11 is 6.36. The van der Waals surface area contributed by atoms with E-state index in [0.717, 1.165) is 16.7 Å². The van der Waals surface area contributed by atoms with Crippen LogP contribution >= 0.6 is 24.0 Å². The van der Waals surface area contributed by atoms with Gasteiger partial charge in [-0.15, -0.1) is 0 Å². The Kier molecular flexibility index (Phi) is 5.00. The zero-order valence-electron chi connectivity index (χ0n) is 15.9. The first-order valence-corrected chi connectivity index (χ1v) is 10.0. The zero-order chi connectivity index (χ0) is 21.6. The number of esters is 1. The van der Waals surface area contributed by atoms with Gasteiger partial charge in [-0.2, -0.15) is 0 Å². The summed E-state index contributed by atoms with van der Waals surface area (Å²) in [6.45, 7) is 1.29. The summed E-state index contributed by atoms with van der Waals surface area (Å²) in [4.78, 5) is 53.0. The molecule has 0 spiro atoms. The van der Waals surface area contributed by atoms with E-state index in [1.807, 2.05) is 0 Å². The molecule has 30 heavy (non-hydrogen) atoms. The monoisotopic (exact) mass is 438 g/mol. The molecule has 2 aromatic rings. The maximum absolute atomic E-state index is 13.4. The molecule has 150 valence electrons. The molecule has 2 aliphatic rings. The number of thiocarbonyl (C=S) groups is 1. The molecule has 0 aliphatic carbocycles. The Morgan fingerprint density at radius 3 is 2.27 bits per heavy atom. The van der Waals surface area contributed by atoms with Crippen molar-refractivity contribution in [3.8, 4) is 0 Å². The Morgan fingerprint density at radius 1 is 0.967 bits per heavy atom. The highest BCUT2D eigenvalue weighted by atomic mass is 32.2. The van der Waals surface area contributed by atoms with E-state index in [-0.39, 0.29) is 26.0 Å². The summed E-state index contributed by atoms with van der Waals surface area (Å²) in [6.07, 6.45) is 0. The molecule has 0 radical (unpaired) electrons. The van der Waals surface area contributed by atoms with E-state index < -0.39 is 23.7 Å². The predicted molar refractivity (Wildman–Crippen MR) is 117 cm³/mol. The molecule has 0 unspecified atom stereocenters. The van der Waals surface area contributed by atoms with E-state index in [4.69, 9.17) is 17.0 Å². The lowest BCUT2D eigenvalue weighted by Crippen LogP contribution is -2.32. The Morgan fingerprint density at radius 2 is 1.60 bits per heavy atom. The third kappa shape index (κ3) is 2.94. The highest BCUT2D eigenvalue weighted by Gasteiger charge is 2.44. The van der Waals surface area contributed by atoms with Gasteiger partial charge in [-0.05, 0) is 18.2 Å². The molecule has 2 aliphatic heterocycles. The average molecular weight is 438 g/mol. The Bertz CT molecular complexity index is 1190. The fraction of sp³-hybridized carbons (Fsp3) is 0.0952. The van der Waals surface area contributed by atoms with Crippen LogP contribution in [0.15, 0.2) is 53.4 Å². The van der Waals surface area contributed by atoms with E-state index in [2.05, 4.69) is 0 Å². The molecule has 9 heteroatoms. The third-order valence-electron chi connectivity index (χ3n) is 4.69. The van der Waals surface area contributed by atoms with E-state index >= 15 is 0 Å². The topological polar surface area (TPSA) is 84.0 Å². The number of carbonyl (C=O) groups excluding carboxylic acids is 4. The number of imide groups is 1. The highest BCUT2D eigenvalue weighted by molar-refractivity contribution is 8.27. The van der Waals surface area contributed by atoms with Gasteiger partial charge in [0.1, 0.15) is 0 Å². The summed E-state index contributed by atoms with van der Waals surface area (Å²) in [5.74, 6) is -2.18. The minimum atomic E-state index is -0.614. The molecule has 3 amide bonds. The van der Waals surface area contributed by atoms with E-state index in [1.54, 1.807) is 42.5 Å². The van der Waals surface area contributed by atoms with Crippen LogP contribution in [0.5, 0.6) is 0 Å². The first-order valence-electron chi connectivity index (χ1n) is 8.79.